The molecule has 0 saturated carbocycles. The summed E-state index contributed by atoms with van der Waals surface area (Å²) in [5.41, 5.74) is -0.755. The van der Waals surface area contributed by atoms with Gasteiger partial charge < -0.3 is 4.74 Å². The SMILES string of the molecule is CCCCOc1ccccc1/C=C/c1nc2nc[nH]n2c(=O)c1[N+](=O)[O-]. The number of ether oxygens (including phenoxy) is 1. The van der Waals surface area contributed by atoms with Gasteiger partial charge in [0, 0.05) is 5.56 Å². The molecule has 0 saturated heterocycles. The molecule has 1 N–H and O–H groups in total. The summed E-state index contributed by atoms with van der Waals surface area (Å²) in [6.45, 7) is 2.66. The third-order valence-corrected chi connectivity index (χ3v) is 3.71. The Hall–Kier alpha value is -3.49. The van der Waals surface area contributed by atoms with Gasteiger partial charge in [-0.15, -0.1) is 0 Å². The Morgan fingerprint density at radius 3 is 2.92 bits per heavy atom. The molecule has 3 rings (SSSR count). The first kappa shape index (κ1) is 17.3. The van der Waals surface area contributed by atoms with E-state index in [0.29, 0.717) is 12.4 Å². The Kier molecular flexibility index (Phi) is 5.07. The highest BCUT2D eigenvalue weighted by Gasteiger charge is 2.22. The van der Waals surface area contributed by atoms with Gasteiger partial charge in [-0.1, -0.05) is 31.5 Å². The van der Waals surface area contributed by atoms with Gasteiger partial charge in [0.25, 0.3) is 5.78 Å². The summed E-state index contributed by atoms with van der Waals surface area (Å²) in [5.74, 6) is 0.727. The Balaban J connectivity index is 2.00. The van der Waals surface area contributed by atoms with E-state index >= 15 is 0 Å². The molecule has 2 heterocycles. The van der Waals surface area contributed by atoms with Crippen LogP contribution in [0, 0.1) is 10.1 Å². The minimum absolute atomic E-state index is 0.0598. The fraction of sp³-hybridized carbons (Fsp3) is 0.235. The topological polar surface area (TPSA) is 115 Å². The van der Waals surface area contributed by atoms with Crippen molar-refractivity contribution in [3.8, 4) is 5.75 Å². The van der Waals surface area contributed by atoms with Gasteiger partial charge in [-0.05, 0) is 24.6 Å². The summed E-state index contributed by atoms with van der Waals surface area (Å²) in [4.78, 5) is 30.8. The van der Waals surface area contributed by atoms with Crippen molar-refractivity contribution in [2.24, 2.45) is 0 Å². The second-order valence-electron chi connectivity index (χ2n) is 5.50. The maximum Gasteiger partial charge on any atom is 0.361 e. The lowest BCUT2D eigenvalue weighted by Gasteiger charge is -2.08. The summed E-state index contributed by atoms with van der Waals surface area (Å²) >= 11 is 0. The standard InChI is InChI=1S/C17H17N5O4/c1-2-3-10-26-14-7-5-4-6-12(14)8-9-13-15(22(24)25)16(23)21-17(20-13)18-11-19-21/h4-9,11H,2-3,10H2,1H3,(H,18,19,20)/b9-8+. The number of hydrogen-bond acceptors (Lipinski definition) is 6. The summed E-state index contributed by atoms with van der Waals surface area (Å²) in [7, 11) is 0. The second kappa shape index (κ2) is 7.60. The first-order valence-electron chi connectivity index (χ1n) is 8.12. The van der Waals surface area contributed by atoms with Gasteiger partial charge in [-0.25, -0.2) is 9.97 Å². The lowest BCUT2D eigenvalue weighted by molar-refractivity contribution is -0.386. The predicted molar refractivity (Wildman–Crippen MR) is 96.0 cm³/mol. The van der Waals surface area contributed by atoms with Crippen molar-refractivity contribution in [3.05, 3.63) is 62.3 Å². The number of aromatic nitrogens is 4. The smallest absolute Gasteiger partial charge is 0.361 e. The molecule has 0 aliphatic rings. The van der Waals surface area contributed by atoms with E-state index in [0.717, 1.165) is 22.9 Å². The zero-order valence-electron chi connectivity index (χ0n) is 14.1. The second-order valence-corrected chi connectivity index (χ2v) is 5.50. The highest BCUT2D eigenvalue weighted by atomic mass is 16.6. The number of nitrogens with one attached hydrogen (secondary N) is 1. The van der Waals surface area contributed by atoms with Crippen molar-refractivity contribution in [1.29, 1.82) is 0 Å². The van der Waals surface area contributed by atoms with Crippen LogP contribution in [0.4, 0.5) is 5.69 Å². The van der Waals surface area contributed by atoms with Crippen molar-refractivity contribution in [2.75, 3.05) is 6.61 Å². The number of H-pyrrole nitrogens is 1. The average molecular weight is 355 g/mol. The fourth-order valence-corrected chi connectivity index (χ4v) is 2.40. The monoisotopic (exact) mass is 355 g/mol. The first-order valence-corrected chi connectivity index (χ1v) is 8.12. The molecule has 0 fully saturated rings. The zero-order chi connectivity index (χ0) is 18.5. The van der Waals surface area contributed by atoms with E-state index in [-0.39, 0.29) is 11.5 Å². The van der Waals surface area contributed by atoms with E-state index in [4.69, 9.17) is 4.74 Å². The van der Waals surface area contributed by atoms with Gasteiger partial charge in [0.2, 0.25) is 0 Å². The fourth-order valence-electron chi connectivity index (χ4n) is 2.40. The van der Waals surface area contributed by atoms with E-state index in [1.54, 1.807) is 6.08 Å². The van der Waals surface area contributed by atoms with Gasteiger partial charge >= 0.3 is 11.2 Å². The molecular weight excluding hydrogens is 338 g/mol. The van der Waals surface area contributed by atoms with E-state index in [1.807, 2.05) is 24.3 Å². The molecule has 9 nitrogen and oxygen atoms in total. The molecule has 0 unspecified atom stereocenters. The van der Waals surface area contributed by atoms with Gasteiger partial charge in [0.05, 0.1) is 11.5 Å². The van der Waals surface area contributed by atoms with Crippen LogP contribution in [0.2, 0.25) is 0 Å². The van der Waals surface area contributed by atoms with E-state index in [1.165, 1.54) is 12.4 Å². The third-order valence-electron chi connectivity index (χ3n) is 3.71. The largest absolute Gasteiger partial charge is 0.493 e. The number of fused-ring (bicyclic) bond motifs is 1. The zero-order valence-corrected chi connectivity index (χ0v) is 14.1. The number of nitrogens with zero attached hydrogens (tertiary/aromatic N) is 4. The lowest BCUT2D eigenvalue weighted by atomic mass is 10.1. The molecule has 0 radical (unpaired) electrons. The molecule has 0 spiro atoms. The lowest BCUT2D eigenvalue weighted by Crippen LogP contribution is -2.20. The molecule has 1 aromatic carbocycles. The van der Waals surface area contributed by atoms with Crippen LogP contribution >= 0.6 is 0 Å². The van der Waals surface area contributed by atoms with Crippen LogP contribution in [0.3, 0.4) is 0 Å². The average Bonchev–Trinajstić information content (AvgIpc) is 3.09. The maximum atomic E-state index is 12.3. The van der Waals surface area contributed by atoms with Gasteiger partial charge in [0.1, 0.15) is 12.1 Å². The molecular formula is C17H17N5O4. The Bertz CT molecular complexity index is 1020. The normalized spacial score (nSPS) is 11.3. The van der Waals surface area contributed by atoms with Gasteiger partial charge in [-0.2, -0.15) is 4.52 Å². The number of aromatic amines is 1. The molecule has 9 heteroatoms. The molecule has 3 aromatic rings. The summed E-state index contributed by atoms with van der Waals surface area (Å²) in [5, 5.41) is 13.8. The number of hydrogen-bond donors (Lipinski definition) is 1. The molecule has 0 aliphatic carbocycles. The number of rotatable bonds is 7. The number of unbranched alkanes of at least 4 members (excludes halogenated alkanes) is 1. The van der Waals surface area contributed by atoms with Gasteiger partial charge in [-0.3, -0.25) is 20.0 Å². The van der Waals surface area contributed by atoms with E-state index in [9.17, 15) is 14.9 Å². The number of nitro groups is 1. The summed E-state index contributed by atoms with van der Waals surface area (Å²) in [6.07, 6.45) is 6.26. The molecule has 0 aliphatic heterocycles. The maximum absolute atomic E-state index is 12.3. The highest BCUT2D eigenvalue weighted by Crippen LogP contribution is 2.22. The number of benzene rings is 1. The van der Waals surface area contributed by atoms with Gasteiger partial charge in [0.15, 0.2) is 5.69 Å². The van der Waals surface area contributed by atoms with Crippen LogP contribution in [0.25, 0.3) is 17.9 Å². The third kappa shape index (κ3) is 3.46. The number of para-hydroxylation sites is 1. The van der Waals surface area contributed by atoms with E-state index in [2.05, 4.69) is 22.0 Å². The Morgan fingerprint density at radius 2 is 2.15 bits per heavy atom. The Morgan fingerprint density at radius 1 is 1.35 bits per heavy atom. The van der Waals surface area contributed by atoms with Crippen LogP contribution in [-0.4, -0.2) is 31.1 Å². The molecule has 0 amide bonds. The van der Waals surface area contributed by atoms with E-state index < -0.39 is 16.2 Å². The van der Waals surface area contributed by atoms with Crippen LogP contribution in [-0.2, 0) is 0 Å². The minimum atomic E-state index is -0.815. The molecule has 2 aromatic heterocycles. The van der Waals surface area contributed by atoms with Crippen molar-refractivity contribution in [2.45, 2.75) is 19.8 Å². The van der Waals surface area contributed by atoms with Crippen molar-refractivity contribution in [3.63, 3.8) is 0 Å². The van der Waals surface area contributed by atoms with Crippen molar-refractivity contribution in [1.82, 2.24) is 19.6 Å². The van der Waals surface area contributed by atoms with Crippen LogP contribution in [0.15, 0.2) is 35.4 Å². The predicted octanol–water partition coefficient (Wildman–Crippen LogP) is 2.68. The highest BCUT2D eigenvalue weighted by molar-refractivity contribution is 5.74. The molecule has 134 valence electrons. The van der Waals surface area contributed by atoms with Crippen molar-refractivity contribution >= 4 is 23.6 Å². The molecule has 0 bridgehead atoms. The summed E-state index contributed by atoms with van der Waals surface area (Å²) < 4.78 is 6.66. The van der Waals surface area contributed by atoms with Crippen LogP contribution in [0.5, 0.6) is 5.75 Å². The van der Waals surface area contributed by atoms with Crippen LogP contribution in [0.1, 0.15) is 31.0 Å². The van der Waals surface area contributed by atoms with Crippen molar-refractivity contribution < 1.29 is 9.66 Å². The molecule has 26 heavy (non-hydrogen) atoms. The Labute approximate surface area is 148 Å². The van der Waals surface area contributed by atoms with Crippen LogP contribution < -0.4 is 10.3 Å². The minimum Gasteiger partial charge on any atom is -0.493 e. The molecule has 0 atom stereocenters. The first-order chi connectivity index (χ1) is 12.6. The summed E-state index contributed by atoms with van der Waals surface area (Å²) in [6, 6.07) is 7.33. The quantitative estimate of drug-likeness (QED) is 0.396.